The lowest BCUT2D eigenvalue weighted by molar-refractivity contribution is 0.00946. The zero-order chi connectivity index (χ0) is 16.9. The number of rotatable bonds is 5. The first kappa shape index (κ1) is 18.1. The van der Waals surface area contributed by atoms with Gasteiger partial charge in [0.15, 0.2) is 0 Å². The Morgan fingerprint density at radius 2 is 2.13 bits per heavy atom. The highest BCUT2D eigenvalue weighted by Gasteiger charge is 2.27. The maximum atomic E-state index is 12.4. The minimum absolute atomic E-state index is 0.185. The molecule has 2 aliphatic rings. The van der Waals surface area contributed by atoms with Gasteiger partial charge in [-0.2, -0.15) is 0 Å². The van der Waals surface area contributed by atoms with Gasteiger partial charge in [-0.05, 0) is 45.4 Å². The van der Waals surface area contributed by atoms with E-state index in [0.29, 0.717) is 19.1 Å². The van der Waals surface area contributed by atoms with Gasteiger partial charge in [0, 0.05) is 13.1 Å². The summed E-state index contributed by atoms with van der Waals surface area (Å²) in [4.78, 5) is 14.2. The topological polar surface area (TPSA) is 38.8 Å². The van der Waals surface area contributed by atoms with Crippen LogP contribution in [0, 0.1) is 5.92 Å². The Morgan fingerprint density at radius 3 is 2.70 bits per heavy atom. The first-order chi connectivity index (χ1) is 10.9. The molecule has 2 aliphatic heterocycles. The average molecular weight is 321 g/mol. The molecule has 0 atom stereocenters. The van der Waals surface area contributed by atoms with Crippen LogP contribution in [0.1, 0.15) is 53.4 Å². The van der Waals surface area contributed by atoms with Crippen molar-refractivity contribution in [1.82, 2.24) is 4.90 Å². The van der Waals surface area contributed by atoms with E-state index in [0.717, 1.165) is 38.8 Å². The largest absolute Gasteiger partial charge is 0.443 e. The van der Waals surface area contributed by atoms with Crippen LogP contribution in [0.3, 0.4) is 0 Å². The highest BCUT2D eigenvalue weighted by Crippen LogP contribution is 2.25. The summed E-state index contributed by atoms with van der Waals surface area (Å²) >= 11 is 0. The molecule has 0 saturated carbocycles. The third-order valence-corrected chi connectivity index (χ3v) is 4.71. The molecular formula is C19H31NO3. The SMILES string of the molecule is CC(C)C1=CCN(C(=O)OC(C)(C)CCC2=CCOCC2)CC1. The van der Waals surface area contributed by atoms with E-state index < -0.39 is 5.60 Å². The second-order valence-electron chi connectivity index (χ2n) is 7.44. The van der Waals surface area contributed by atoms with Gasteiger partial charge >= 0.3 is 6.09 Å². The van der Waals surface area contributed by atoms with Crippen molar-refractivity contribution < 1.29 is 14.3 Å². The molecule has 0 radical (unpaired) electrons. The van der Waals surface area contributed by atoms with Crippen molar-refractivity contribution in [2.75, 3.05) is 26.3 Å². The molecule has 4 heteroatoms. The molecule has 0 unspecified atom stereocenters. The molecule has 0 spiro atoms. The molecule has 0 aromatic heterocycles. The number of nitrogens with zero attached hydrogens (tertiary/aromatic N) is 1. The second kappa shape index (κ2) is 8.00. The van der Waals surface area contributed by atoms with Crippen molar-refractivity contribution >= 4 is 6.09 Å². The minimum Gasteiger partial charge on any atom is -0.443 e. The smallest absolute Gasteiger partial charge is 0.410 e. The molecule has 0 N–H and O–H groups in total. The van der Waals surface area contributed by atoms with Crippen LogP contribution >= 0.6 is 0 Å². The van der Waals surface area contributed by atoms with E-state index in [1.807, 2.05) is 13.8 Å². The van der Waals surface area contributed by atoms with E-state index in [1.165, 1.54) is 11.1 Å². The van der Waals surface area contributed by atoms with E-state index >= 15 is 0 Å². The predicted octanol–water partition coefficient (Wildman–Crippen LogP) is 4.32. The summed E-state index contributed by atoms with van der Waals surface area (Å²) in [6.45, 7) is 11.4. The van der Waals surface area contributed by atoms with Crippen molar-refractivity contribution in [3.63, 3.8) is 0 Å². The number of hydrogen-bond donors (Lipinski definition) is 0. The maximum Gasteiger partial charge on any atom is 0.410 e. The molecule has 1 amide bonds. The monoisotopic (exact) mass is 321 g/mol. The lowest BCUT2D eigenvalue weighted by Crippen LogP contribution is -2.40. The van der Waals surface area contributed by atoms with Crippen molar-refractivity contribution in [3.8, 4) is 0 Å². The summed E-state index contributed by atoms with van der Waals surface area (Å²) in [5.74, 6) is 0.567. The Morgan fingerprint density at radius 1 is 1.35 bits per heavy atom. The number of carbonyl (C=O) groups excluding carboxylic acids is 1. The fourth-order valence-electron chi connectivity index (χ4n) is 2.98. The molecule has 0 saturated heterocycles. The number of carbonyl (C=O) groups is 1. The van der Waals surface area contributed by atoms with Gasteiger partial charge in [0.2, 0.25) is 0 Å². The summed E-state index contributed by atoms with van der Waals surface area (Å²) in [5.41, 5.74) is 2.43. The van der Waals surface area contributed by atoms with Crippen LogP contribution in [-0.2, 0) is 9.47 Å². The fraction of sp³-hybridized carbons (Fsp3) is 0.737. The minimum atomic E-state index is -0.432. The summed E-state index contributed by atoms with van der Waals surface area (Å²) < 4.78 is 11.1. The van der Waals surface area contributed by atoms with Crippen molar-refractivity contribution in [2.45, 2.75) is 59.0 Å². The van der Waals surface area contributed by atoms with E-state index in [-0.39, 0.29) is 6.09 Å². The van der Waals surface area contributed by atoms with Crippen LogP contribution in [0.2, 0.25) is 0 Å². The van der Waals surface area contributed by atoms with Crippen LogP contribution in [0.25, 0.3) is 0 Å². The van der Waals surface area contributed by atoms with Crippen LogP contribution in [0.5, 0.6) is 0 Å². The number of amides is 1. The molecular weight excluding hydrogens is 290 g/mol. The van der Waals surface area contributed by atoms with E-state index in [2.05, 4.69) is 26.0 Å². The van der Waals surface area contributed by atoms with Crippen LogP contribution < -0.4 is 0 Å². The van der Waals surface area contributed by atoms with Gasteiger partial charge in [0.05, 0.1) is 13.2 Å². The van der Waals surface area contributed by atoms with Crippen LogP contribution in [0.4, 0.5) is 4.79 Å². The quantitative estimate of drug-likeness (QED) is 0.708. The zero-order valence-corrected chi connectivity index (χ0v) is 15.1. The summed E-state index contributed by atoms with van der Waals surface area (Å²) in [6, 6.07) is 0. The van der Waals surface area contributed by atoms with E-state index in [1.54, 1.807) is 4.90 Å². The highest BCUT2D eigenvalue weighted by molar-refractivity contribution is 5.68. The molecule has 0 aromatic rings. The third-order valence-electron chi connectivity index (χ3n) is 4.71. The molecule has 4 nitrogen and oxygen atoms in total. The molecule has 2 heterocycles. The van der Waals surface area contributed by atoms with Crippen LogP contribution in [0.15, 0.2) is 23.3 Å². The first-order valence-corrected chi connectivity index (χ1v) is 8.80. The van der Waals surface area contributed by atoms with Gasteiger partial charge < -0.3 is 14.4 Å². The summed E-state index contributed by atoms with van der Waals surface area (Å²) in [5, 5.41) is 0. The fourth-order valence-corrected chi connectivity index (χ4v) is 2.98. The number of hydrogen-bond acceptors (Lipinski definition) is 3. The van der Waals surface area contributed by atoms with Gasteiger partial charge in [-0.15, -0.1) is 0 Å². The van der Waals surface area contributed by atoms with Gasteiger partial charge in [-0.1, -0.05) is 37.1 Å². The summed E-state index contributed by atoms with van der Waals surface area (Å²) in [6.07, 6.45) is 7.93. The lowest BCUT2D eigenvalue weighted by Gasteiger charge is -2.32. The zero-order valence-electron chi connectivity index (χ0n) is 15.1. The molecule has 23 heavy (non-hydrogen) atoms. The Bertz CT molecular complexity index is 477. The molecule has 0 bridgehead atoms. The second-order valence-corrected chi connectivity index (χ2v) is 7.44. The Labute approximate surface area is 140 Å². The van der Waals surface area contributed by atoms with Gasteiger partial charge in [-0.3, -0.25) is 0 Å². The predicted molar refractivity (Wildman–Crippen MR) is 92.4 cm³/mol. The van der Waals surface area contributed by atoms with Crippen molar-refractivity contribution in [2.24, 2.45) is 5.92 Å². The third kappa shape index (κ3) is 5.69. The first-order valence-electron chi connectivity index (χ1n) is 8.80. The van der Waals surface area contributed by atoms with Crippen molar-refractivity contribution in [1.29, 1.82) is 0 Å². The van der Waals surface area contributed by atoms with Gasteiger partial charge in [0.1, 0.15) is 5.60 Å². The maximum absolute atomic E-state index is 12.4. The Balaban J connectivity index is 1.80. The van der Waals surface area contributed by atoms with E-state index in [9.17, 15) is 4.79 Å². The molecule has 0 aromatic carbocycles. The average Bonchev–Trinajstić information content (AvgIpc) is 2.54. The molecule has 130 valence electrons. The van der Waals surface area contributed by atoms with Gasteiger partial charge in [-0.25, -0.2) is 4.79 Å². The molecule has 0 fully saturated rings. The van der Waals surface area contributed by atoms with E-state index in [4.69, 9.17) is 9.47 Å². The Hall–Kier alpha value is -1.29. The Kier molecular flexibility index (Phi) is 6.28. The summed E-state index contributed by atoms with van der Waals surface area (Å²) in [7, 11) is 0. The lowest BCUT2D eigenvalue weighted by atomic mass is 9.96. The molecule has 0 aliphatic carbocycles. The highest BCUT2D eigenvalue weighted by atomic mass is 16.6. The number of ether oxygens (including phenoxy) is 2. The van der Waals surface area contributed by atoms with Gasteiger partial charge in [0.25, 0.3) is 0 Å². The molecule has 2 rings (SSSR count). The van der Waals surface area contributed by atoms with Crippen molar-refractivity contribution in [3.05, 3.63) is 23.3 Å². The standard InChI is InChI=1S/C19H31NO3/c1-15(2)17-6-11-20(12-7-17)18(21)23-19(3,4)10-5-16-8-13-22-14-9-16/h6,8,15H,5,7,9-14H2,1-4H3. The normalized spacial score (nSPS) is 19.4. The van der Waals surface area contributed by atoms with Crippen LogP contribution in [-0.4, -0.2) is 42.9 Å².